The van der Waals surface area contributed by atoms with Crippen molar-refractivity contribution in [3.63, 3.8) is 0 Å². The van der Waals surface area contributed by atoms with Gasteiger partial charge in [-0.2, -0.15) is 0 Å². The lowest BCUT2D eigenvalue weighted by atomic mass is 9.92. The smallest absolute Gasteiger partial charge is 0.147 e. The highest BCUT2D eigenvalue weighted by atomic mass is 35.5. The Morgan fingerprint density at radius 2 is 0.882 bits per heavy atom. The van der Waals surface area contributed by atoms with E-state index in [0.29, 0.717) is 5.15 Å². The molecule has 0 saturated carbocycles. The lowest BCUT2D eigenvalue weighted by Gasteiger charge is -2.12. The van der Waals surface area contributed by atoms with E-state index in [0.717, 1.165) is 15.6 Å². The van der Waals surface area contributed by atoms with E-state index < -0.39 is 0 Å². The number of pyridine rings is 1. The highest BCUT2D eigenvalue weighted by Crippen LogP contribution is 2.49. The van der Waals surface area contributed by atoms with Crippen LogP contribution < -0.4 is 0 Å². The van der Waals surface area contributed by atoms with E-state index in [1.165, 1.54) is 58.6 Å². The zero-order chi connectivity index (χ0) is 22.4. The van der Waals surface area contributed by atoms with Crippen molar-refractivity contribution in [3.8, 4) is 0 Å². The average Bonchev–Trinajstić information content (AvgIpc) is 3.31. The second-order valence-electron chi connectivity index (χ2n) is 8.82. The highest BCUT2D eigenvalue weighted by molar-refractivity contribution is 7.27. The van der Waals surface area contributed by atoms with E-state index in [-0.39, 0.29) is 0 Å². The van der Waals surface area contributed by atoms with Gasteiger partial charge in [-0.25, -0.2) is 4.98 Å². The van der Waals surface area contributed by atoms with Gasteiger partial charge in [0.2, 0.25) is 0 Å². The lowest BCUT2D eigenvalue weighted by Crippen LogP contribution is -1.88. The molecule has 6 aromatic carbocycles. The second kappa shape index (κ2) is 6.66. The summed E-state index contributed by atoms with van der Waals surface area (Å²) in [6.07, 6.45) is 0. The molecule has 158 valence electrons. The Labute approximate surface area is 203 Å². The van der Waals surface area contributed by atoms with Gasteiger partial charge in [-0.1, -0.05) is 109 Å². The number of rotatable bonds is 0. The van der Waals surface area contributed by atoms with E-state index in [1.54, 1.807) is 11.3 Å². The average molecular weight is 470 g/mol. The molecule has 0 spiro atoms. The van der Waals surface area contributed by atoms with E-state index in [1.807, 2.05) is 0 Å². The summed E-state index contributed by atoms with van der Waals surface area (Å²) in [6, 6.07) is 34.7. The van der Waals surface area contributed by atoms with Crippen LogP contribution in [-0.2, 0) is 0 Å². The standard InChI is InChI=1S/C31H16ClNS/c32-31-30-27(25-21-13-5-1-9-17(21)19-11-3-7-15-23(19)28(25)33-31)26-22-14-6-2-10-18(22)20-12-4-8-16-24(20)29(26)34-30/h1-16H. The quantitative estimate of drug-likeness (QED) is 0.159. The molecule has 0 saturated heterocycles. The first-order valence-electron chi connectivity index (χ1n) is 11.4. The fourth-order valence-corrected chi connectivity index (χ4v) is 7.29. The van der Waals surface area contributed by atoms with Crippen LogP contribution in [0.3, 0.4) is 0 Å². The fraction of sp³-hybridized carbons (Fsp3) is 0. The van der Waals surface area contributed by atoms with Gasteiger partial charge in [-0.05, 0) is 32.3 Å². The number of hydrogen-bond donors (Lipinski definition) is 0. The number of nitrogens with zero attached hydrogens (tertiary/aromatic N) is 1. The molecule has 3 heteroatoms. The van der Waals surface area contributed by atoms with Gasteiger partial charge in [0.1, 0.15) is 5.15 Å². The summed E-state index contributed by atoms with van der Waals surface area (Å²) < 4.78 is 2.34. The second-order valence-corrected chi connectivity index (χ2v) is 10.2. The minimum Gasteiger partial charge on any atom is -0.234 e. The van der Waals surface area contributed by atoms with Gasteiger partial charge in [0.15, 0.2) is 0 Å². The van der Waals surface area contributed by atoms with Crippen LogP contribution in [-0.4, -0.2) is 4.98 Å². The first kappa shape index (κ1) is 18.7. The number of halogens is 1. The maximum absolute atomic E-state index is 6.96. The Bertz CT molecular complexity index is 2140. The molecule has 0 unspecified atom stereocenters. The van der Waals surface area contributed by atoms with Crippen molar-refractivity contribution in [1.82, 2.24) is 4.98 Å². The minimum absolute atomic E-state index is 0.581. The van der Waals surface area contributed by atoms with Gasteiger partial charge in [0, 0.05) is 31.6 Å². The van der Waals surface area contributed by atoms with Crippen LogP contribution in [0.25, 0.3) is 74.2 Å². The van der Waals surface area contributed by atoms with Gasteiger partial charge in [-0.3, -0.25) is 0 Å². The number of benzene rings is 6. The summed E-state index contributed by atoms with van der Waals surface area (Å²) in [7, 11) is 0. The Morgan fingerprint density at radius 1 is 0.441 bits per heavy atom. The molecule has 0 radical (unpaired) electrons. The summed E-state index contributed by atoms with van der Waals surface area (Å²) >= 11 is 8.73. The van der Waals surface area contributed by atoms with Crippen molar-refractivity contribution in [2.75, 3.05) is 0 Å². The monoisotopic (exact) mass is 469 g/mol. The summed E-state index contributed by atoms with van der Waals surface area (Å²) in [6.45, 7) is 0. The third-order valence-electron chi connectivity index (χ3n) is 7.12. The minimum atomic E-state index is 0.581. The van der Waals surface area contributed by atoms with Crippen LogP contribution in [0.2, 0.25) is 5.15 Å². The first-order chi connectivity index (χ1) is 16.8. The molecule has 8 rings (SSSR count). The topological polar surface area (TPSA) is 12.9 Å². The maximum atomic E-state index is 6.96. The van der Waals surface area contributed by atoms with Crippen LogP contribution in [0.5, 0.6) is 0 Å². The molecule has 0 aliphatic heterocycles. The summed E-state index contributed by atoms with van der Waals surface area (Å²) in [5, 5.41) is 14.2. The van der Waals surface area contributed by atoms with Crippen molar-refractivity contribution in [3.05, 3.63) is 102 Å². The third-order valence-corrected chi connectivity index (χ3v) is 8.73. The molecule has 0 amide bonds. The molecule has 0 aliphatic rings. The van der Waals surface area contributed by atoms with Crippen molar-refractivity contribution in [2.45, 2.75) is 0 Å². The van der Waals surface area contributed by atoms with Gasteiger partial charge in [0.05, 0.1) is 10.2 Å². The molecule has 0 fully saturated rings. The number of aromatic nitrogens is 1. The third kappa shape index (κ3) is 2.27. The van der Waals surface area contributed by atoms with Gasteiger partial charge in [0.25, 0.3) is 0 Å². The van der Waals surface area contributed by atoms with Crippen molar-refractivity contribution >= 4 is 97.1 Å². The summed E-state index contributed by atoms with van der Waals surface area (Å²) in [4.78, 5) is 5.01. The number of fused-ring (bicyclic) bond motifs is 15. The SMILES string of the molecule is Clc1nc2c3ccccc3c3ccccc3c2c2c1sc1c3ccccc3c3ccccc3c12. The molecule has 0 N–H and O–H groups in total. The normalized spacial score (nSPS) is 12.3. The van der Waals surface area contributed by atoms with Crippen molar-refractivity contribution < 1.29 is 0 Å². The molecule has 8 aromatic rings. The lowest BCUT2D eigenvalue weighted by molar-refractivity contribution is 1.47. The van der Waals surface area contributed by atoms with Crippen molar-refractivity contribution in [2.24, 2.45) is 0 Å². The summed E-state index contributed by atoms with van der Waals surface area (Å²) in [5.74, 6) is 0. The van der Waals surface area contributed by atoms with Crippen LogP contribution in [0.4, 0.5) is 0 Å². The molecular weight excluding hydrogens is 454 g/mol. The number of thiophene rings is 1. The molecule has 1 nitrogen and oxygen atoms in total. The van der Waals surface area contributed by atoms with E-state index in [9.17, 15) is 0 Å². The van der Waals surface area contributed by atoms with Crippen LogP contribution in [0.15, 0.2) is 97.1 Å². The molecule has 0 atom stereocenters. The Morgan fingerprint density at radius 3 is 1.50 bits per heavy atom. The first-order valence-corrected chi connectivity index (χ1v) is 12.5. The largest absolute Gasteiger partial charge is 0.234 e. The van der Waals surface area contributed by atoms with Gasteiger partial charge in [-0.15, -0.1) is 11.3 Å². The predicted molar refractivity (Wildman–Crippen MR) is 150 cm³/mol. The van der Waals surface area contributed by atoms with Gasteiger partial charge < -0.3 is 0 Å². The van der Waals surface area contributed by atoms with E-state index >= 15 is 0 Å². The molecular formula is C31H16ClNS. The van der Waals surface area contributed by atoms with Crippen LogP contribution >= 0.6 is 22.9 Å². The fourth-order valence-electron chi connectivity index (χ4n) is 5.75. The molecule has 2 aromatic heterocycles. The maximum Gasteiger partial charge on any atom is 0.147 e. The zero-order valence-corrected chi connectivity index (χ0v) is 19.5. The van der Waals surface area contributed by atoms with E-state index in [2.05, 4.69) is 97.1 Å². The molecule has 0 bridgehead atoms. The van der Waals surface area contributed by atoms with Gasteiger partial charge >= 0.3 is 0 Å². The van der Waals surface area contributed by atoms with E-state index in [4.69, 9.17) is 16.6 Å². The Balaban J connectivity index is 1.81. The predicted octanol–water partition coefficient (Wildman–Crippen LogP) is 9.87. The van der Waals surface area contributed by atoms with Crippen molar-refractivity contribution in [1.29, 1.82) is 0 Å². The molecule has 34 heavy (non-hydrogen) atoms. The molecule has 2 heterocycles. The Hall–Kier alpha value is -3.72. The molecule has 0 aliphatic carbocycles. The van der Waals surface area contributed by atoms with Crippen LogP contribution in [0, 0.1) is 0 Å². The zero-order valence-electron chi connectivity index (χ0n) is 18.0. The number of hydrogen-bond acceptors (Lipinski definition) is 2. The van der Waals surface area contributed by atoms with Crippen LogP contribution in [0.1, 0.15) is 0 Å². The highest BCUT2D eigenvalue weighted by Gasteiger charge is 2.21. The Kier molecular flexibility index (Phi) is 3.66. The summed E-state index contributed by atoms with van der Waals surface area (Å²) in [5.41, 5.74) is 0.976.